The molecule has 0 saturated carbocycles. The van der Waals surface area contributed by atoms with Crippen LogP contribution in [-0.4, -0.2) is 43.8 Å². The summed E-state index contributed by atoms with van der Waals surface area (Å²) in [7, 11) is -4.41. The highest BCUT2D eigenvalue weighted by Crippen LogP contribution is 2.28. The number of para-hydroxylation sites is 1. The molecule has 45 heavy (non-hydrogen) atoms. The average Bonchev–Trinajstić information content (AvgIpc) is 3.03. The van der Waals surface area contributed by atoms with Crippen molar-refractivity contribution in [2.45, 2.75) is 57.1 Å². The number of aryl methyl sites for hydroxylation is 1. The van der Waals surface area contributed by atoms with Crippen molar-refractivity contribution in [3.63, 3.8) is 0 Å². The molecule has 0 spiro atoms. The Morgan fingerprint density at radius 1 is 0.889 bits per heavy atom. The van der Waals surface area contributed by atoms with Crippen LogP contribution in [0.2, 0.25) is 5.02 Å². The number of hydrogen-bond acceptors (Lipinski definition) is 4. The van der Waals surface area contributed by atoms with Crippen molar-refractivity contribution in [1.29, 1.82) is 0 Å². The summed E-state index contributed by atoms with van der Waals surface area (Å²) in [6.07, 6.45) is 0.821. The molecule has 0 heterocycles. The summed E-state index contributed by atoms with van der Waals surface area (Å²) in [4.78, 5) is 29.6. The third kappa shape index (κ3) is 8.49. The zero-order valence-corrected chi connectivity index (χ0v) is 27.1. The zero-order chi connectivity index (χ0) is 32.6. The van der Waals surface area contributed by atoms with Crippen molar-refractivity contribution >= 4 is 39.1 Å². The van der Waals surface area contributed by atoms with E-state index >= 15 is 4.39 Å². The second kappa shape index (κ2) is 15.2. The third-order valence-corrected chi connectivity index (χ3v) is 9.72. The molecule has 0 aliphatic carbocycles. The van der Waals surface area contributed by atoms with Gasteiger partial charge in [0.15, 0.2) is 0 Å². The average molecular weight is 650 g/mol. The van der Waals surface area contributed by atoms with Gasteiger partial charge in [-0.3, -0.25) is 13.9 Å². The number of carbonyl (C=O) groups is 2. The lowest BCUT2D eigenvalue weighted by atomic mass is 10.0. The summed E-state index contributed by atoms with van der Waals surface area (Å²) >= 11 is 6.52. The number of rotatable bonds is 13. The van der Waals surface area contributed by atoms with E-state index in [-0.39, 0.29) is 29.6 Å². The van der Waals surface area contributed by atoms with Gasteiger partial charge >= 0.3 is 0 Å². The largest absolute Gasteiger partial charge is 0.352 e. The van der Waals surface area contributed by atoms with Crippen LogP contribution in [0.25, 0.3) is 0 Å². The molecule has 236 valence electrons. The van der Waals surface area contributed by atoms with Gasteiger partial charge in [-0.1, -0.05) is 96.9 Å². The summed E-state index contributed by atoms with van der Waals surface area (Å²) < 4.78 is 44.1. The van der Waals surface area contributed by atoms with Gasteiger partial charge in [-0.25, -0.2) is 12.8 Å². The number of sulfonamides is 1. The van der Waals surface area contributed by atoms with Gasteiger partial charge < -0.3 is 10.2 Å². The van der Waals surface area contributed by atoms with Crippen LogP contribution in [0.1, 0.15) is 37.0 Å². The lowest BCUT2D eigenvalue weighted by Crippen LogP contribution is -2.54. The molecule has 4 aromatic rings. The minimum absolute atomic E-state index is 0.0837. The predicted molar refractivity (Wildman–Crippen MR) is 176 cm³/mol. The fraction of sp³-hybridized carbons (Fsp3) is 0.257. The molecule has 0 aromatic heterocycles. The van der Waals surface area contributed by atoms with Crippen LogP contribution < -0.4 is 9.62 Å². The standard InChI is InChI=1S/C35H37ClFN3O4S/c1-4-26(3)38-35(42)33(22-27-12-6-5-7-13-27)39(23-28-14-8-9-15-30(28)36)34(41)24-40(32-17-11-10-16-31(32)37)45(43,44)29-20-18-25(2)19-21-29/h5-21,26,33H,4,22-24H2,1-3H3,(H,38,42)/t26-,33-/m1/s1. The number of anilines is 1. The maximum Gasteiger partial charge on any atom is 0.264 e. The lowest BCUT2D eigenvalue weighted by Gasteiger charge is -2.34. The van der Waals surface area contributed by atoms with E-state index in [0.29, 0.717) is 17.0 Å². The van der Waals surface area contributed by atoms with Gasteiger partial charge in [-0.2, -0.15) is 0 Å². The van der Waals surface area contributed by atoms with Crippen molar-refractivity contribution in [3.8, 4) is 0 Å². The number of nitrogens with zero attached hydrogens (tertiary/aromatic N) is 2. The number of nitrogens with one attached hydrogen (secondary N) is 1. The van der Waals surface area contributed by atoms with Crippen molar-refractivity contribution in [3.05, 3.63) is 131 Å². The number of amides is 2. The fourth-order valence-electron chi connectivity index (χ4n) is 4.81. The van der Waals surface area contributed by atoms with Crippen LogP contribution >= 0.6 is 11.6 Å². The first-order chi connectivity index (χ1) is 21.5. The summed E-state index contributed by atoms with van der Waals surface area (Å²) in [5.41, 5.74) is 1.93. The van der Waals surface area contributed by atoms with Crippen LogP contribution in [0.4, 0.5) is 10.1 Å². The highest BCUT2D eigenvalue weighted by atomic mass is 35.5. The molecule has 0 aliphatic rings. The molecule has 0 fully saturated rings. The monoisotopic (exact) mass is 649 g/mol. The fourth-order valence-corrected chi connectivity index (χ4v) is 6.43. The normalized spacial score (nSPS) is 12.6. The summed E-state index contributed by atoms with van der Waals surface area (Å²) in [6, 6.07) is 26.5. The molecule has 0 bridgehead atoms. The maximum atomic E-state index is 15.2. The van der Waals surface area contributed by atoms with E-state index in [2.05, 4.69) is 5.32 Å². The molecular formula is C35H37ClFN3O4S. The molecule has 0 aliphatic heterocycles. The zero-order valence-electron chi connectivity index (χ0n) is 25.5. The van der Waals surface area contributed by atoms with Crippen LogP contribution in [-0.2, 0) is 32.6 Å². The van der Waals surface area contributed by atoms with Crippen LogP contribution in [0.5, 0.6) is 0 Å². The Bertz CT molecular complexity index is 1720. The highest BCUT2D eigenvalue weighted by molar-refractivity contribution is 7.92. The van der Waals surface area contributed by atoms with E-state index in [9.17, 15) is 18.0 Å². The molecule has 7 nitrogen and oxygen atoms in total. The molecule has 2 amide bonds. The number of halogens is 2. The van der Waals surface area contributed by atoms with Gasteiger partial charge in [0, 0.05) is 24.0 Å². The Morgan fingerprint density at radius 2 is 1.51 bits per heavy atom. The molecule has 0 unspecified atom stereocenters. The van der Waals surface area contributed by atoms with Crippen LogP contribution in [0.3, 0.4) is 0 Å². The number of benzene rings is 4. The molecule has 10 heteroatoms. The smallest absolute Gasteiger partial charge is 0.264 e. The Morgan fingerprint density at radius 3 is 2.16 bits per heavy atom. The first-order valence-electron chi connectivity index (χ1n) is 14.7. The van der Waals surface area contributed by atoms with E-state index < -0.39 is 40.2 Å². The first-order valence-corrected chi connectivity index (χ1v) is 16.5. The second-order valence-electron chi connectivity index (χ2n) is 10.9. The molecule has 0 saturated heterocycles. The first kappa shape index (κ1) is 33.7. The Hall–Kier alpha value is -4.21. The quantitative estimate of drug-likeness (QED) is 0.178. The molecule has 4 rings (SSSR count). The predicted octanol–water partition coefficient (Wildman–Crippen LogP) is 6.54. The van der Waals surface area contributed by atoms with Gasteiger partial charge in [0.05, 0.1) is 10.6 Å². The van der Waals surface area contributed by atoms with Crippen molar-refractivity contribution in [1.82, 2.24) is 10.2 Å². The Labute approximate surface area is 269 Å². The van der Waals surface area contributed by atoms with E-state index in [1.54, 1.807) is 36.4 Å². The number of hydrogen-bond donors (Lipinski definition) is 1. The van der Waals surface area contributed by atoms with E-state index in [4.69, 9.17) is 11.6 Å². The molecule has 1 N–H and O–H groups in total. The molecule has 2 atom stereocenters. The lowest BCUT2D eigenvalue weighted by molar-refractivity contribution is -0.140. The van der Waals surface area contributed by atoms with Crippen molar-refractivity contribution < 1.29 is 22.4 Å². The van der Waals surface area contributed by atoms with E-state index in [1.807, 2.05) is 51.1 Å². The topological polar surface area (TPSA) is 86.8 Å². The van der Waals surface area contributed by atoms with Gasteiger partial charge in [0.25, 0.3) is 10.0 Å². The molecular weight excluding hydrogens is 613 g/mol. The minimum atomic E-state index is -4.41. The maximum absolute atomic E-state index is 15.2. The van der Waals surface area contributed by atoms with Gasteiger partial charge in [0.2, 0.25) is 11.8 Å². The van der Waals surface area contributed by atoms with E-state index in [0.717, 1.165) is 21.5 Å². The van der Waals surface area contributed by atoms with Crippen molar-refractivity contribution in [2.24, 2.45) is 0 Å². The summed E-state index contributed by atoms with van der Waals surface area (Å²) in [5.74, 6) is -1.91. The van der Waals surface area contributed by atoms with E-state index in [1.165, 1.54) is 35.2 Å². The summed E-state index contributed by atoms with van der Waals surface area (Å²) in [6.45, 7) is 4.78. The Kier molecular flexibility index (Phi) is 11.4. The minimum Gasteiger partial charge on any atom is -0.352 e. The Balaban J connectivity index is 1.83. The van der Waals surface area contributed by atoms with Crippen LogP contribution in [0, 0.1) is 12.7 Å². The molecule has 0 radical (unpaired) electrons. The third-order valence-electron chi connectivity index (χ3n) is 7.58. The van der Waals surface area contributed by atoms with Gasteiger partial charge in [0.1, 0.15) is 18.4 Å². The summed E-state index contributed by atoms with van der Waals surface area (Å²) in [5, 5.41) is 3.37. The van der Waals surface area contributed by atoms with Crippen LogP contribution in [0.15, 0.2) is 108 Å². The SMILES string of the molecule is CC[C@@H](C)NC(=O)[C@@H](Cc1ccccc1)N(Cc1ccccc1Cl)C(=O)CN(c1ccccc1F)S(=O)(=O)c1ccc(C)cc1. The number of carbonyl (C=O) groups excluding carboxylic acids is 2. The van der Waals surface area contributed by atoms with Gasteiger partial charge in [-0.05, 0) is 61.7 Å². The van der Waals surface area contributed by atoms with Gasteiger partial charge in [-0.15, -0.1) is 0 Å². The van der Waals surface area contributed by atoms with Crippen molar-refractivity contribution in [2.75, 3.05) is 10.8 Å². The second-order valence-corrected chi connectivity index (χ2v) is 13.2. The molecule has 4 aromatic carbocycles. The highest BCUT2D eigenvalue weighted by Gasteiger charge is 2.36.